The molecule has 1 saturated carbocycles. The Morgan fingerprint density at radius 1 is 1.35 bits per heavy atom. The van der Waals surface area contributed by atoms with E-state index in [4.69, 9.17) is 9.15 Å². The SMILES string of the molecule is COC[C@@H]1CN(Cc2ccc(C)o2)Cc2nnn(CC3CC3)c21. The van der Waals surface area contributed by atoms with Crippen molar-refractivity contribution < 1.29 is 9.15 Å². The van der Waals surface area contributed by atoms with Gasteiger partial charge in [0.2, 0.25) is 0 Å². The van der Waals surface area contributed by atoms with Crippen molar-refractivity contribution in [3.8, 4) is 0 Å². The summed E-state index contributed by atoms with van der Waals surface area (Å²) in [5.74, 6) is 3.09. The summed E-state index contributed by atoms with van der Waals surface area (Å²) in [4.78, 5) is 2.38. The van der Waals surface area contributed by atoms with Crippen LogP contribution in [0.3, 0.4) is 0 Å². The van der Waals surface area contributed by atoms with E-state index < -0.39 is 0 Å². The summed E-state index contributed by atoms with van der Waals surface area (Å²) < 4.78 is 13.3. The van der Waals surface area contributed by atoms with Crippen LogP contribution >= 0.6 is 0 Å². The van der Waals surface area contributed by atoms with Crippen molar-refractivity contribution >= 4 is 0 Å². The molecule has 0 spiro atoms. The van der Waals surface area contributed by atoms with Gasteiger partial charge in [-0.2, -0.15) is 0 Å². The molecule has 2 aliphatic rings. The molecule has 1 aliphatic heterocycles. The Labute approximate surface area is 136 Å². The quantitative estimate of drug-likeness (QED) is 0.819. The molecular formula is C17H24N4O2. The smallest absolute Gasteiger partial charge is 0.118 e. The highest BCUT2D eigenvalue weighted by molar-refractivity contribution is 5.20. The molecule has 1 fully saturated rings. The minimum Gasteiger partial charge on any atom is -0.465 e. The minimum atomic E-state index is 0.327. The van der Waals surface area contributed by atoms with E-state index in [0.717, 1.165) is 49.3 Å². The first-order valence-electron chi connectivity index (χ1n) is 8.42. The molecular weight excluding hydrogens is 292 g/mol. The van der Waals surface area contributed by atoms with Crippen molar-refractivity contribution in [2.24, 2.45) is 5.92 Å². The number of rotatable bonds is 6. The molecule has 0 saturated heterocycles. The molecule has 4 rings (SSSR count). The van der Waals surface area contributed by atoms with Crippen LogP contribution in [0.5, 0.6) is 0 Å². The standard InChI is InChI=1S/C17H24N4O2/c1-12-3-6-15(23-12)9-20-8-14(11-22-2)17-16(10-20)18-19-21(17)7-13-4-5-13/h3,6,13-14H,4-5,7-11H2,1-2H3/t14-/m0/s1. The monoisotopic (exact) mass is 316 g/mol. The fraction of sp³-hybridized carbons (Fsp3) is 0.647. The summed E-state index contributed by atoms with van der Waals surface area (Å²) in [5.41, 5.74) is 2.38. The van der Waals surface area contributed by atoms with Crippen LogP contribution in [-0.4, -0.2) is 40.2 Å². The van der Waals surface area contributed by atoms with Crippen LogP contribution in [0.1, 0.15) is 41.7 Å². The number of furan rings is 1. The van der Waals surface area contributed by atoms with Gasteiger partial charge < -0.3 is 9.15 Å². The molecule has 124 valence electrons. The van der Waals surface area contributed by atoms with Gasteiger partial charge in [0, 0.05) is 32.7 Å². The average molecular weight is 316 g/mol. The Morgan fingerprint density at radius 3 is 2.91 bits per heavy atom. The third-order valence-electron chi connectivity index (χ3n) is 4.76. The lowest BCUT2D eigenvalue weighted by atomic mass is 9.98. The minimum absolute atomic E-state index is 0.327. The van der Waals surface area contributed by atoms with Crippen molar-refractivity contribution in [2.75, 3.05) is 20.3 Å². The molecule has 0 N–H and O–H groups in total. The first kappa shape index (κ1) is 14.9. The fourth-order valence-corrected chi connectivity index (χ4v) is 3.51. The van der Waals surface area contributed by atoms with E-state index in [2.05, 4.69) is 26.0 Å². The van der Waals surface area contributed by atoms with Crippen LogP contribution in [0, 0.1) is 12.8 Å². The first-order valence-corrected chi connectivity index (χ1v) is 8.42. The maximum Gasteiger partial charge on any atom is 0.118 e. The molecule has 0 aromatic carbocycles. The summed E-state index contributed by atoms with van der Waals surface area (Å²) in [6.07, 6.45) is 2.65. The molecule has 3 heterocycles. The molecule has 2 aromatic rings. The Hall–Kier alpha value is -1.66. The maximum absolute atomic E-state index is 5.72. The second kappa shape index (κ2) is 6.09. The molecule has 0 amide bonds. The van der Waals surface area contributed by atoms with Gasteiger partial charge in [0.15, 0.2) is 0 Å². The van der Waals surface area contributed by atoms with Crippen molar-refractivity contribution in [3.05, 3.63) is 35.0 Å². The summed E-state index contributed by atoms with van der Waals surface area (Å²) in [6.45, 7) is 6.30. The van der Waals surface area contributed by atoms with Gasteiger partial charge in [0.1, 0.15) is 17.2 Å². The molecule has 0 radical (unpaired) electrons. The van der Waals surface area contributed by atoms with Gasteiger partial charge in [-0.1, -0.05) is 5.21 Å². The predicted molar refractivity (Wildman–Crippen MR) is 84.9 cm³/mol. The molecule has 1 aliphatic carbocycles. The second-order valence-electron chi connectivity index (χ2n) is 6.88. The zero-order valence-electron chi connectivity index (χ0n) is 13.9. The van der Waals surface area contributed by atoms with E-state index >= 15 is 0 Å². The number of ether oxygens (including phenoxy) is 1. The maximum atomic E-state index is 5.72. The summed E-state index contributed by atoms with van der Waals surface area (Å²) in [5, 5.41) is 8.87. The van der Waals surface area contributed by atoms with E-state index in [1.54, 1.807) is 7.11 Å². The number of methoxy groups -OCH3 is 1. The number of hydrogen-bond donors (Lipinski definition) is 0. The van der Waals surface area contributed by atoms with Crippen LogP contribution < -0.4 is 0 Å². The Bertz CT molecular complexity index is 674. The third kappa shape index (κ3) is 3.19. The van der Waals surface area contributed by atoms with Crippen molar-refractivity contribution in [1.29, 1.82) is 0 Å². The van der Waals surface area contributed by atoms with E-state index in [0.29, 0.717) is 12.5 Å². The van der Waals surface area contributed by atoms with E-state index in [9.17, 15) is 0 Å². The zero-order chi connectivity index (χ0) is 15.8. The lowest BCUT2D eigenvalue weighted by Gasteiger charge is -2.31. The number of aromatic nitrogens is 3. The molecule has 2 aromatic heterocycles. The second-order valence-corrected chi connectivity index (χ2v) is 6.88. The highest BCUT2D eigenvalue weighted by Crippen LogP contribution is 2.34. The Kier molecular flexibility index (Phi) is 3.95. The first-order chi connectivity index (χ1) is 11.2. The van der Waals surface area contributed by atoms with Crippen LogP contribution in [0.25, 0.3) is 0 Å². The van der Waals surface area contributed by atoms with Crippen molar-refractivity contribution in [1.82, 2.24) is 19.9 Å². The van der Waals surface area contributed by atoms with Gasteiger partial charge in [-0.3, -0.25) is 4.90 Å². The molecule has 0 unspecified atom stereocenters. The number of fused-ring (bicyclic) bond motifs is 1. The topological polar surface area (TPSA) is 56.3 Å². The molecule has 6 heteroatoms. The van der Waals surface area contributed by atoms with Gasteiger partial charge in [-0.05, 0) is 37.8 Å². The van der Waals surface area contributed by atoms with E-state index in [1.165, 1.54) is 18.5 Å². The summed E-state index contributed by atoms with van der Waals surface area (Å²) >= 11 is 0. The summed E-state index contributed by atoms with van der Waals surface area (Å²) in [7, 11) is 1.77. The zero-order valence-corrected chi connectivity index (χ0v) is 13.9. The van der Waals surface area contributed by atoms with Gasteiger partial charge >= 0.3 is 0 Å². The van der Waals surface area contributed by atoms with Crippen molar-refractivity contribution in [2.45, 2.75) is 45.3 Å². The number of nitrogens with zero attached hydrogens (tertiary/aromatic N) is 4. The lowest BCUT2D eigenvalue weighted by molar-refractivity contribution is 0.127. The third-order valence-corrected chi connectivity index (χ3v) is 4.76. The molecule has 6 nitrogen and oxygen atoms in total. The van der Waals surface area contributed by atoms with E-state index in [1.807, 2.05) is 13.0 Å². The number of aryl methyl sites for hydroxylation is 1. The van der Waals surface area contributed by atoms with E-state index in [-0.39, 0.29) is 0 Å². The largest absolute Gasteiger partial charge is 0.465 e. The Balaban J connectivity index is 1.54. The fourth-order valence-electron chi connectivity index (χ4n) is 3.51. The van der Waals surface area contributed by atoms with Crippen LogP contribution in [0.2, 0.25) is 0 Å². The summed E-state index contributed by atoms with van der Waals surface area (Å²) in [6, 6.07) is 4.07. The number of hydrogen-bond acceptors (Lipinski definition) is 5. The van der Waals surface area contributed by atoms with Gasteiger partial charge in [-0.15, -0.1) is 5.10 Å². The Morgan fingerprint density at radius 2 is 2.22 bits per heavy atom. The molecule has 0 bridgehead atoms. The van der Waals surface area contributed by atoms with Crippen LogP contribution in [-0.2, 0) is 24.4 Å². The highest BCUT2D eigenvalue weighted by atomic mass is 16.5. The van der Waals surface area contributed by atoms with Gasteiger partial charge in [0.05, 0.1) is 18.8 Å². The van der Waals surface area contributed by atoms with Crippen LogP contribution in [0.15, 0.2) is 16.5 Å². The predicted octanol–water partition coefficient (Wildman–Crippen LogP) is 2.34. The molecule has 1 atom stereocenters. The lowest BCUT2D eigenvalue weighted by Crippen LogP contribution is -2.36. The van der Waals surface area contributed by atoms with Crippen LogP contribution in [0.4, 0.5) is 0 Å². The average Bonchev–Trinajstić information content (AvgIpc) is 3.11. The van der Waals surface area contributed by atoms with Gasteiger partial charge in [-0.25, -0.2) is 4.68 Å². The molecule has 23 heavy (non-hydrogen) atoms. The van der Waals surface area contributed by atoms with Gasteiger partial charge in [0.25, 0.3) is 0 Å². The normalized spacial score (nSPS) is 21.6. The van der Waals surface area contributed by atoms with Crippen molar-refractivity contribution in [3.63, 3.8) is 0 Å². The highest BCUT2D eigenvalue weighted by Gasteiger charge is 2.33.